The number of hydrogen-bond acceptors (Lipinski definition) is 7. The van der Waals surface area contributed by atoms with E-state index >= 15 is 0 Å². The van der Waals surface area contributed by atoms with E-state index in [0.717, 1.165) is 44.1 Å². The van der Waals surface area contributed by atoms with Gasteiger partial charge in [0.25, 0.3) is 5.56 Å². The molecule has 0 bridgehead atoms. The lowest BCUT2D eigenvalue weighted by molar-refractivity contribution is 0.194. The summed E-state index contributed by atoms with van der Waals surface area (Å²) in [5.41, 5.74) is 0.783. The fraction of sp³-hybridized carbons (Fsp3) is 0.381. The summed E-state index contributed by atoms with van der Waals surface area (Å²) in [6, 6.07) is 9.42. The minimum atomic E-state index is -0.0198. The lowest BCUT2D eigenvalue weighted by Crippen LogP contribution is -2.47. The molecule has 31 heavy (non-hydrogen) atoms. The van der Waals surface area contributed by atoms with Crippen molar-refractivity contribution in [3.8, 4) is 0 Å². The number of fused-ring (bicyclic) bond motifs is 3. The van der Waals surface area contributed by atoms with Crippen LogP contribution in [-0.2, 0) is 13.2 Å². The molecule has 0 saturated carbocycles. The highest BCUT2D eigenvalue weighted by Crippen LogP contribution is 2.16. The van der Waals surface area contributed by atoms with Crippen molar-refractivity contribution in [3.63, 3.8) is 0 Å². The number of benzene rings is 1. The molecule has 1 aliphatic rings. The van der Waals surface area contributed by atoms with E-state index in [-0.39, 0.29) is 5.56 Å². The first-order valence-corrected chi connectivity index (χ1v) is 10.9. The van der Waals surface area contributed by atoms with Crippen molar-refractivity contribution in [3.05, 3.63) is 57.9 Å². The zero-order valence-electron chi connectivity index (χ0n) is 17.4. The summed E-state index contributed by atoms with van der Waals surface area (Å²) >= 11 is 5.80. The predicted octanol–water partition coefficient (Wildman–Crippen LogP) is 2.16. The van der Waals surface area contributed by atoms with Crippen LogP contribution in [0.2, 0.25) is 0 Å². The second-order valence-corrected chi connectivity index (χ2v) is 8.05. The maximum atomic E-state index is 13.1. The first-order valence-electron chi connectivity index (χ1n) is 10.5. The number of aryl methyl sites for hydroxylation is 1. The first kappa shape index (κ1) is 19.8. The van der Waals surface area contributed by atoms with Crippen molar-refractivity contribution in [2.24, 2.45) is 0 Å². The highest BCUT2D eigenvalue weighted by molar-refractivity contribution is 7.71. The molecule has 160 valence electrons. The number of hydrogen-bond donors (Lipinski definition) is 0. The molecule has 1 aromatic carbocycles. The molecule has 9 nitrogen and oxygen atoms in total. The molecule has 0 radical (unpaired) electrons. The average molecular weight is 437 g/mol. The Kier molecular flexibility index (Phi) is 5.24. The SMILES string of the molecule is CCCn1c(=O)c2ccccc2n2c(=S)n(CN3CCN(c4ncccn4)CC3)nc12. The highest BCUT2D eigenvalue weighted by Gasteiger charge is 2.21. The van der Waals surface area contributed by atoms with Crippen LogP contribution < -0.4 is 10.5 Å². The predicted molar refractivity (Wildman–Crippen MR) is 122 cm³/mol. The minimum absolute atomic E-state index is 0.0198. The third-order valence-electron chi connectivity index (χ3n) is 5.67. The molecule has 0 unspecified atom stereocenters. The third-order valence-corrected chi connectivity index (χ3v) is 6.07. The molecule has 5 rings (SSSR count). The Morgan fingerprint density at radius 1 is 1.03 bits per heavy atom. The fourth-order valence-corrected chi connectivity index (χ4v) is 4.40. The van der Waals surface area contributed by atoms with Gasteiger partial charge in [-0.05, 0) is 36.8 Å². The van der Waals surface area contributed by atoms with Gasteiger partial charge in [-0.25, -0.2) is 14.6 Å². The summed E-state index contributed by atoms with van der Waals surface area (Å²) in [5.74, 6) is 1.37. The Morgan fingerprint density at radius 3 is 2.52 bits per heavy atom. The van der Waals surface area contributed by atoms with Crippen LogP contribution >= 0.6 is 12.2 Å². The quantitative estimate of drug-likeness (QED) is 0.444. The lowest BCUT2D eigenvalue weighted by atomic mass is 10.2. The topological polar surface area (TPSA) is 76.5 Å². The molecule has 4 aromatic rings. The highest BCUT2D eigenvalue weighted by atomic mass is 32.1. The van der Waals surface area contributed by atoms with Crippen LogP contribution in [0, 0.1) is 4.77 Å². The van der Waals surface area contributed by atoms with Gasteiger partial charge in [-0.15, -0.1) is 5.10 Å². The summed E-state index contributed by atoms with van der Waals surface area (Å²) in [5, 5.41) is 5.43. The molecule has 1 fully saturated rings. The zero-order chi connectivity index (χ0) is 21.4. The van der Waals surface area contributed by atoms with Crippen molar-refractivity contribution < 1.29 is 0 Å². The molecule has 0 N–H and O–H groups in total. The molecule has 0 amide bonds. The smallest absolute Gasteiger partial charge is 0.262 e. The molecule has 3 aromatic heterocycles. The van der Waals surface area contributed by atoms with Crippen molar-refractivity contribution in [2.75, 3.05) is 31.1 Å². The Hall–Kier alpha value is -3.11. The van der Waals surface area contributed by atoms with Gasteiger partial charge in [0.2, 0.25) is 16.5 Å². The van der Waals surface area contributed by atoms with Crippen molar-refractivity contribution in [1.29, 1.82) is 0 Å². The Morgan fingerprint density at radius 2 is 1.77 bits per heavy atom. The van der Waals surface area contributed by atoms with Gasteiger partial charge in [0.15, 0.2) is 0 Å². The van der Waals surface area contributed by atoms with Crippen molar-refractivity contribution in [1.82, 2.24) is 33.6 Å². The van der Waals surface area contributed by atoms with Crippen LogP contribution in [0.4, 0.5) is 5.95 Å². The molecule has 0 aliphatic carbocycles. The number of para-hydroxylation sites is 1. The molecule has 10 heteroatoms. The van der Waals surface area contributed by atoms with Gasteiger partial charge in [0.1, 0.15) is 0 Å². The van der Waals surface area contributed by atoms with Crippen LogP contribution in [0.5, 0.6) is 0 Å². The van der Waals surface area contributed by atoms with E-state index in [1.165, 1.54) is 0 Å². The summed E-state index contributed by atoms with van der Waals surface area (Å²) in [6.45, 7) is 6.64. The van der Waals surface area contributed by atoms with Gasteiger partial charge in [-0.1, -0.05) is 19.1 Å². The molecular weight excluding hydrogens is 412 g/mol. The standard InChI is InChI=1S/C21H24N8OS/c1-2-10-27-18(30)16-6-3-4-7-17(16)29-20(27)24-28(21(29)31)15-25-11-13-26(14-12-25)19-22-8-5-9-23-19/h3-9H,2,10-15H2,1H3. The average Bonchev–Trinajstić information content (AvgIpc) is 3.13. The molecular formula is C21H24N8OS. The number of anilines is 1. The fourth-order valence-electron chi connectivity index (χ4n) is 4.12. The van der Waals surface area contributed by atoms with Crippen LogP contribution in [0.15, 0.2) is 47.5 Å². The molecule has 4 heterocycles. The number of aromatic nitrogens is 6. The summed E-state index contributed by atoms with van der Waals surface area (Å²) in [7, 11) is 0. The number of piperazine rings is 1. The number of rotatable bonds is 5. The monoisotopic (exact) mass is 436 g/mol. The van der Waals surface area contributed by atoms with Gasteiger partial charge in [0, 0.05) is 45.1 Å². The van der Waals surface area contributed by atoms with E-state index in [9.17, 15) is 4.79 Å². The van der Waals surface area contributed by atoms with E-state index in [1.807, 2.05) is 39.4 Å². The summed E-state index contributed by atoms with van der Waals surface area (Å²) < 4.78 is 6.09. The third kappa shape index (κ3) is 3.51. The lowest BCUT2D eigenvalue weighted by Gasteiger charge is -2.34. The van der Waals surface area contributed by atoms with Crippen LogP contribution in [0.3, 0.4) is 0 Å². The van der Waals surface area contributed by atoms with E-state index in [2.05, 4.69) is 26.7 Å². The van der Waals surface area contributed by atoms with Crippen LogP contribution in [-0.4, -0.2) is 59.8 Å². The van der Waals surface area contributed by atoms with E-state index in [4.69, 9.17) is 17.3 Å². The van der Waals surface area contributed by atoms with E-state index in [0.29, 0.717) is 29.1 Å². The van der Waals surface area contributed by atoms with Crippen molar-refractivity contribution >= 4 is 34.8 Å². The van der Waals surface area contributed by atoms with Crippen LogP contribution in [0.1, 0.15) is 13.3 Å². The van der Waals surface area contributed by atoms with Crippen molar-refractivity contribution in [2.45, 2.75) is 26.6 Å². The van der Waals surface area contributed by atoms with Gasteiger partial charge in [0.05, 0.1) is 17.6 Å². The Bertz CT molecular complexity index is 1330. The molecule has 0 spiro atoms. The zero-order valence-corrected chi connectivity index (χ0v) is 18.2. The van der Waals surface area contributed by atoms with E-state index in [1.54, 1.807) is 17.0 Å². The van der Waals surface area contributed by atoms with Gasteiger partial charge < -0.3 is 4.90 Å². The maximum absolute atomic E-state index is 13.1. The molecule has 0 atom stereocenters. The van der Waals surface area contributed by atoms with Crippen LogP contribution in [0.25, 0.3) is 16.7 Å². The normalized spacial score (nSPS) is 15.2. The summed E-state index contributed by atoms with van der Waals surface area (Å²) in [6.07, 6.45) is 4.38. The Labute approximate surface area is 184 Å². The Balaban J connectivity index is 1.47. The maximum Gasteiger partial charge on any atom is 0.262 e. The summed E-state index contributed by atoms with van der Waals surface area (Å²) in [4.78, 5) is 26.2. The van der Waals surface area contributed by atoms with Gasteiger partial charge in [-0.2, -0.15) is 0 Å². The molecule has 1 aliphatic heterocycles. The minimum Gasteiger partial charge on any atom is -0.338 e. The molecule has 1 saturated heterocycles. The largest absolute Gasteiger partial charge is 0.338 e. The van der Waals surface area contributed by atoms with Gasteiger partial charge >= 0.3 is 0 Å². The first-order chi connectivity index (χ1) is 15.2. The second-order valence-electron chi connectivity index (χ2n) is 7.69. The van der Waals surface area contributed by atoms with E-state index < -0.39 is 0 Å². The van der Waals surface area contributed by atoms with Gasteiger partial charge in [-0.3, -0.25) is 18.7 Å². The second kappa shape index (κ2) is 8.20. The number of nitrogens with zero attached hydrogens (tertiary/aromatic N) is 8.